The molecule has 0 bridgehead atoms. The van der Waals surface area contributed by atoms with Gasteiger partial charge in [-0.15, -0.1) is 0 Å². The van der Waals surface area contributed by atoms with E-state index in [0.29, 0.717) is 23.9 Å². The minimum atomic E-state index is -0.417. The van der Waals surface area contributed by atoms with Crippen molar-refractivity contribution in [2.75, 3.05) is 0 Å². The van der Waals surface area contributed by atoms with Crippen LogP contribution >= 0.6 is 22.6 Å². The van der Waals surface area contributed by atoms with Crippen molar-refractivity contribution in [3.63, 3.8) is 0 Å². The maximum atomic E-state index is 14.3. The Morgan fingerprint density at radius 1 is 1.35 bits per heavy atom. The van der Waals surface area contributed by atoms with E-state index in [-0.39, 0.29) is 5.88 Å². The van der Waals surface area contributed by atoms with E-state index in [1.165, 1.54) is 0 Å². The first-order valence-corrected chi connectivity index (χ1v) is 7.44. The fourth-order valence-electron chi connectivity index (χ4n) is 1.63. The summed E-state index contributed by atoms with van der Waals surface area (Å²) in [7, 11) is 0. The second kappa shape index (κ2) is 6.99. The van der Waals surface area contributed by atoms with Crippen molar-refractivity contribution in [2.24, 2.45) is 0 Å². The molecule has 0 unspecified atom stereocenters. The number of halogens is 2. The lowest BCUT2D eigenvalue weighted by atomic mass is 10.2. The minimum Gasteiger partial charge on any atom is -0.436 e. The molecular weight excluding hydrogens is 370 g/mol. The lowest BCUT2D eigenvalue weighted by Crippen LogP contribution is -2.22. The zero-order chi connectivity index (χ0) is 14.5. The predicted octanol–water partition coefficient (Wildman–Crippen LogP) is 4.12. The molecular formula is C15H16FIN2O. The summed E-state index contributed by atoms with van der Waals surface area (Å²) in [5.74, 6) is 0.173. The number of nitrogens with one attached hydrogen (secondary N) is 1. The number of rotatable bonds is 5. The predicted molar refractivity (Wildman–Crippen MR) is 85.4 cm³/mol. The molecule has 0 atom stereocenters. The smallest absolute Gasteiger partial charge is 0.256 e. The monoisotopic (exact) mass is 386 g/mol. The summed E-state index contributed by atoms with van der Waals surface area (Å²) >= 11 is 2.18. The van der Waals surface area contributed by atoms with Gasteiger partial charge in [0.25, 0.3) is 5.88 Å². The van der Waals surface area contributed by atoms with Crippen LogP contribution in [-0.2, 0) is 6.54 Å². The molecule has 2 aromatic rings. The zero-order valence-electron chi connectivity index (χ0n) is 11.4. The molecule has 0 aliphatic heterocycles. The number of benzene rings is 1. The van der Waals surface area contributed by atoms with Crippen molar-refractivity contribution in [1.82, 2.24) is 10.3 Å². The Labute approximate surface area is 131 Å². The first-order chi connectivity index (χ1) is 9.56. The molecule has 106 valence electrons. The molecule has 0 amide bonds. The second-order valence-electron chi connectivity index (χ2n) is 4.68. The summed E-state index contributed by atoms with van der Waals surface area (Å²) in [6, 6.07) is 9.37. The standard InChI is InChI=1S/C15H16FIN2O/c1-10(2)19-9-11-6-7-18-15(14(11)16)20-13-5-3-4-12(17)8-13/h3-8,10,19H,9H2,1-2H3. The van der Waals surface area contributed by atoms with Gasteiger partial charge in [0.2, 0.25) is 0 Å². The van der Waals surface area contributed by atoms with Gasteiger partial charge in [-0.05, 0) is 46.9 Å². The maximum Gasteiger partial charge on any atom is 0.256 e. The third-order valence-electron chi connectivity index (χ3n) is 2.65. The van der Waals surface area contributed by atoms with E-state index >= 15 is 0 Å². The largest absolute Gasteiger partial charge is 0.436 e. The molecule has 3 nitrogen and oxygen atoms in total. The lowest BCUT2D eigenvalue weighted by molar-refractivity contribution is 0.416. The summed E-state index contributed by atoms with van der Waals surface area (Å²) in [6.07, 6.45) is 1.56. The summed E-state index contributed by atoms with van der Waals surface area (Å²) in [4.78, 5) is 3.96. The van der Waals surface area contributed by atoms with E-state index in [4.69, 9.17) is 4.74 Å². The average Bonchev–Trinajstić information content (AvgIpc) is 2.40. The highest BCUT2D eigenvalue weighted by molar-refractivity contribution is 14.1. The SMILES string of the molecule is CC(C)NCc1ccnc(Oc2cccc(I)c2)c1F. The molecule has 1 N–H and O–H groups in total. The van der Waals surface area contributed by atoms with E-state index in [2.05, 4.69) is 32.9 Å². The molecule has 0 saturated carbocycles. The van der Waals surface area contributed by atoms with Crippen molar-refractivity contribution in [2.45, 2.75) is 26.4 Å². The van der Waals surface area contributed by atoms with Crippen LogP contribution in [0.25, 0.3) is 0 Å². The molecule has 0 aliphatic carbocycles. The number of aromatic nitrogens is 1. The molecule has 0 spiro atoms. The lowest BCUT2D eigenvalue weighted by Gasteiger charge is -2.11. The van der Waals surface area contributed by atoms with E-state index in [0.717, 1.165) is 3.57 Å². The molecule has 1 aromatic carbocycles. The Morgan fingerprint density at radius 3 is 2.85 bits per heavy atom. The highest BCUT2D eigenvalue weighted by Crippen LogP contribution is 2.25. The molecule has 0 saturated heterocycles. The van der Waals surface area contributed by atoms with E-state index < -0.39 is 5.82 Å². The summed E-state index contributed by atoms with van der Waals surface area (Å²) in [5, 5.41) is 3.18. The summed E-state index contributed by atoms with van der Waals surface area (Å²) in [6.45, 7) is 4.49. The van der Waals surface area contributed by atoms with Crippen molar-refractivity contribution in [1.29, 1.82) is 0 Å². The van der Waals surface area contributed by atoms with Gasteiger partial charge in [-0.25, -0.2) is 9.37 Å². The number of nitrogens with zero attached hydrogens (tertiary/aromatic N) is 1. The van der Waals surface area contributed by atoms with Gasteiger partial charge in [-0.3, -0.25) is 0 Å². The van der Waals surface area contributed by atoms with Crippen LogP contribution < -0.4 is 10.1 Å². The van der Waals surface area contributed by atoms with Gasteiger partial charge in [-0.2, -0.15) is 0 Å². The van der Waals surface area contributed by atoms with Gasteiger partial charge in [0, 0.05) is 27.9 Å². The normalized spacial score (nSPS) is 10.8. The number of hydrogen-bond donors (Lipinski definition) is 1. The summed E-state index contributed by atoms with van der Waals surface area (Å²) < 4.78 is 20.8. The van der Waals surface area contributed by atoms with Crippen LogP contribution in [0.3, 0.4) is 0 Å². The topological polar surface area (TPSA) is 34.2 Å². The summed E-state index contributed by atoms with van der Waals surface area (Å²) in [5.41, 5.74) is 0.550. The quantitative estimate of drug-likeness (QED) is 0.786. The zero-order valence-corrected chi connectivity index (χ0v) is 13.5. The number of ether oxygens (including phenoxy) is 1. The third-order valence-corrected chi connectivity index (χ3v) is 3.32. The van der Waals surface area contributed by atoms with Gasteiger partial charge in [0.15, 0.2) is 5.82 Å². The minimum absolute atomic E-state index is 0.00931. The Morgan fingerprint density at radius 2 is 2.15 bits per heavy atom. The molecule has 1 aromatic heterocycles. The maximum absolute atomic E-state index is 14.3. The van der Waals surface area contributed by atoms with Crippen LogP contribution in [0, 0.1) is 9.39 Å². The molecule has 1 heterocycles. The number of hydrogen-bond acceptors (Lipinski definition) is 3. The molecule has 0 radical (unpaired) electrons. The third kappa shape index (κ3) is 4.14. The Balaban J connectivity index is 2.18. The fraction of sp³-hybridized carbons (Fsp3) is 0.267. The van der Waals surface area contributed by atoms with Gasteiger partial charge in [0.1, 0.15) is 5.75 Å². The van der Waals surface area contributed by atoms with Gasteiger partial charge >= 0.3 is 0 Å². The molecule has 2 rings (SSSR count). The average molecular weight is 386 g/mol. The highest BCUT2D eigenvalue weighted by atomic mass is 127. The van der Waals surface area contributed by atoms with Crippen LogP contribution in [0.15, 0.2) is 36.5 Å². The molecule has 0 aliphatic rings. The van der Waals surface area contributed by atoms with Crippen LogP contribution in [0.2, 0.25) is 0 Å². The van der Waals surface area contributed by atoms with Crippen molar-refractivity contribution in [3.8, 4) is 11.6 Å². The van der Waals surface area contributed by atoms with Crippen molar-refractivity contribution in [3.05, 3.63) is 51.5 Å². The first-order valence-electron chi connectivity index (χ1n) is 6.36. The van der Waals surface area contributed by atoms with Gasteiger partial charge < -0.3 is 10.1 Å². The van der Waals surface area contributed by atoms with Crippen LogP contribution in [0.5, 0.6) is 11.6 Å². The highest BCUT2D eigenvalue weighted by Gasteiger charge is 2.12. The van der Waals surface area contributed by atoms with Crippen molar-refractivity contribution < 1.29 is 9.13 Å². The fourth-order valence-corrected chi connectivity index (χ4v) is 2.14. The van der Waals surface area contributed by atoms with Crippen LogP contribution in [0.1, 0.15) is 19.4 Å². The van der Waals surface area contributed by atoms with E-state index in [9.17, 15) is 4.39 Å². The molecule has 5 heteroatoms. The van der Waals surface area contributed by atoms with Crippen molar-refractivity contribution >= 4 is 22.6 Å². The Bertz CT molecular complexity index is 590. The van der Waals surface area contributed by atoms with Crippen LogP contribution in [-0.4, -0.2) is 11.0 Å². The van der Waals surface area contributed by atoms with E-state index in [1.54, 1.807) is 18.3 Å². The first kappa shape index (κ1) is 15.2. The van der Waals surface area contributed by atoms with E-state index in [1.807, 2.05) is 32.0 Å². The second-order valence-corrected chi connectivity index (χ2v) is 5.93. The molecule has 20 heavy (non-hydrogen) atoms. The number of pyridine rings is 1. The van der Waals surface area contributed by atoms with Gasteiger partial charge in [-0.1, -0.05) is 19.9 Å². The van der Waals surface area contributed by atoms with Crippen LogP contribution in [0.4, 0.5) is 4.39 Å². The Kier molecular flexibility index (Phi) is 5.31. The Hall–Kier alpha value is -1.21. The molecule has 0 fully saturated rings. The van der Waals surface area contributed by atoms with Gasteiger partial charge in [0.05, 0.1) is 0 Å².